The normalized spacial score (nSPS) is 21.2. The van der Waals surface area contributed by atoms with Crippen LogP contribution in [0.25, 0.3) is 0 Å². The second-order valence-electron chi connectivity index (χ2n) is 4.29. The molecule has 1 atom stereocenters. The second kappa shape index (κ2) is 4.52. The van der Waals surface area contributed by atoms with Gasteiger partial charge in [0.1, 0.15) is 6.54 Å². The van der Waals surface area contributed by atoms with E-state index in [9.17, 15) is 4.79 Å². The summed E-state index contributed by atoms with van der Waals surface area (Å²) >= 11 is 0. The molecule has 3 N–H and O–H groups in total. The number of likely N-dealkylation sites (N-methyl/N-ethyl adjacent to an activating group) is 1. The quantitative estimate of drug-likeness (QED) is 0.709. The molecule has 88 valence electrons. The van der Waals surface area contributed by atoms with Crippen molar-refractivity contribution in [3.05, 3.63) is 12.4 Å². The van der Waals surface area contributed by atoms with Gasteiger partial charge in [0, 0.05) is 18.8 Å². The zero-order valence-corrected chi connectivity index (χ0v) is 9.39. The number of nitrogens with one attached hydrogen (secondary N) is 1. The van der Waals surface area contributed by atoms with Crippen LogP contribution in [0.4, 0.5) is 5.69 Å². The molecule has 1 saturated heterocycles. The van der Waals surface area contributed by atoms with E-state index in [1.807, 2.05) is 0 Å². The van der Waals surface area contributed by atoms with Crippen molar-refractivity contribution >= 4 is 11.6 Å². The Morgan fingerprint density at radius 2 is 2.56 bits per heavy atom. The summed E-state index contributed by atoms with van der Waals surface area (Å²) in [5.41, 5.74) is 6.09. The lowest BCUT2D eigenvalue weighted by Crippen LogP contribution is -2.38. The standard InChI is InChI=1S/C10H17N5O/c1-14-3-2-9(6-14)13-10(16)7-15-5-8(11)4-12-15/h4-5,9H,2-3,6-7,11H2,1H3,(H,13,16). The fourth-order valence-electron chi connectivity index (χ4n) is 1.94. The number of nitrogens with two attached hydrogens (primary N) is 1. The van der Waals surface area contributed by atoms with E-state index >= 15 is 0 Å². The molecule has 1 aromatic heterocycles. The zero-order chi connectivity index (χ0) is 11.5. The molecule has 1 fully saturated rings. The molecule has 0 saturated carbocycles. The number of hydrogen-bond acceptors (Lipinski definition) is 4. The molecule has 1 aromatic rings. The first kappa shape index (κ1) is 10.9. The fraction of sp³-hybridized carbons (Fsp3) is 0.600. The number of carbonyl (C=O) groups excluding carboxylic acids is 1. The minimum absolute atomic E-state index is 0.0107. The van der Waals surface area contributed by atoms with E-state index in [1.54, 1.807) is 10.9 Å². The number of carbonyl (C=O) groups is 1. The third kappa shape index (κ3) is 2.73. The molecular formula is C10H17N5O. The van der Waals surface area contributed by atoms with Crippen LogP contribution in [0.15, 0.2) is 12.4 Å². The van der Waals surface area contributed by atoms with E-state index < -0.39 is 0 Å². The van der Waals surface area contributed by atoms with Crippen LogP contribution in [-0.4, -0.2) is 46.8 Å². The summed E-state index contributed by atoms with van der Waals surface area (Å²) in [7, 11) is 2.06. The number of rotatable bonds is 3. The predicted molar refractivity (Wildman–Crippen MR) is 60.7 cm³/mol. The van der Waals surface area contributed by atoms with Crippen molar-refractivity contribution in [1.82, 2.24) is 20.0 Å². The number of nitrogen functional groups attached to an aromatic ring is 1. The van der Waals surface area contributed by atoms with Crippen molar-refractivity contribution in [3.8, 4) is 0 Å². The summed E-state index contributed by atoms with van der Waals surface area (Å²) < 4.78 is 1.54. The first-order valence-corrected chi connectivity index (χ1v) is 5.39. The molecule has 0 radical (unpaired) electrons. The molecule has 0 aliphatic carbocycles. The Morgan fingerprint density at radius 1 is 1.75 bits per heavy atom. The summed E-state index contributed by atoms with van der Waals surface area (Å²) in [5.74, 6) is -0.0107. The zero-order valence-electron chi connectivity index (χ0n) is 9.39. The number of likely N-dealkylation sites (tertiary alicyclic amines) is 1. The second-order valence-corrected chi connectivity index (χ2v) is 4.29. The van der Waals surface area contributed by atoms with Crippen LogP contribution in [0, 0.1) is 0 Å². The van der Waals surface area contributed by atoms with Gasteiger partial charge in [-0.3, -0.25) is 9.48 Å². The Kier molecular flexibility index (Phi) is 3.09. The maximum atomic E-state index is 11.7. The summed E-state index contributed by atoms with van der Waals surface area (Å²) in [5, 5.41) is 6.95. The van der Waals surface area contributed by atoms with E-state index in [0.717, 1.165) is 19.5 Å². The number of hydrogen-bond donors (Lipinski definition) is 2. The lowest BCUT2D eigenvalue weighted by atomic mass is 10.2. The van der Waals surface area contributed by atoms with Gasteiger partial charge in [-0.05, 0) is 20.0 Å². The largest absolute Gasteiger partial charge is 0.396 e. The van der Waals surface area contributed by atoms with Crippen LogP contribution in [-0.2, 0) is 11.3 Å². The minimum Gasteiger partial charge on any atom is -0.396 e. The van der Waals surface area contributed by atoms with Crippen molar-refractivity contribution in [3.63, 3.8) is 0 Å². The molecule has 0 bridgehead atoms. The lowest BCUT2D eigenvalue weighted by Gasteiger charge is -2.12. The van der Waals surface area contributed by atoms with Crippen molar-refractivity contribution in [2.24, 2.45) is 0 Å². The van der Waals surface area contributed by atoms with Crippen molar-refractivity contribution in [1.29, 1.82) is 0 Å². The van der Waals surface area contributed by atoms with Gasteiger partial charge in [-0.25, -0.2) is 0 Å². The third-order valence-electron chi connectivity index (χ3n) is 2.72. The van der Waals surface area contributed by atoms with Crippen molar-refractivity contribution in [2.45, 2.75) is 19.0 Å². The first-order chi connectivity index (χ1) is 7.63. The van der Waals surface area contributed by atoms with Gasteiger partial charge < -0.3 is 16.0 Å². The highest BCUT2D eigenvalue weighted by molar-refractivity contribution is 5.76. The molecule has 0 spiro atoms. The monoisotopic (exact) mass is 223 g/mol. The average Bonchev–Trinajstić information content (AvgIpc) is 2.76. The summed E-state index contributed by atoms with van der Waals surface area (Å²) in [6, 6.07) is 0.269. The summed E-state index contributed by atoms with van der Waals surface area (Å²) in [6.07, 6.45) is 4.21. The SMILES string of the molecule is CN1CCC(NC(=O)Cn2cc(N)cn2)C1. The first-order valence-electron chi connectivity index (χ1n) is 5.39. The number of aromatic nitrogens is 2. The molecule has 6 nitrogen and oxygen atoms in total. The molecule has 0 aromatic carbocycles. The predicted octanol–water partition coefficient (Wildman–Crippen LogP) is -0.714. The molecule has 6 heteroatoms. The van der Waals surface area contributed by atoms with Gasteiger partial charge in [-0.15, -0.1) is 0 Å². The van der Waals surface area contributed by atoms with Crippen molar-refractivity contribution < 1.29 is 4.79 Å². The average molecular weight is 223 g/mol. The van der Waals surface area contributed by atoms with E-state index in [2.05, 4.69) is 22.4 Å². The number of nitrogens with zero attached hydrogens (tertiary/aromatic N) is 3. The van der Waals surface area contributed by atoms with Crippen LogP contribution < -0.4 is 11.1 Å². The van der Waals surface area contributed by atoms with Gasteiger partial charge in [0.05, 0.1) is 11.9 Å². The van der Waals surface area contributed by atoms with Gasteiger partial charge in [0.25, 0.3) is 0 Å². The Bertz CT molecular complexity index is 375. The van der Waals surface area contributed by atoms with Crippen LogP contribution in [0.1, 0.15) is 6.42 Å². The van der Waals surface area contributed by atoms with Crippen molar-refractivity contribution in [2.75, 3.05) is 25.9 Å². The molecule has 1 unspecified atom stereocenters. The number of amides is 1. The molecule has 1 amide bonds. The van der Waals surface area contributed by atoms with Gasteiger partial charge in [0.2, 0.25) is 5.91 Å². The fourth-order valence-corrected chi connectivity index (χ4v) is 1.94. The Morgan fingerprint density at radius 3 is 3.12 bits per heavy atom. The summed E-state index contributed by atoms with van der Waals surface area (Å²) in [6.45, 7) is 2.20. The van der Waals surface area contributed by atoms with Crippen LogP contribution >= 0.6 is 0 Å². The number of anilines is 1. The van der Waals surface area contributed by atoms with Crippen LogP contribution in [0.2, 0.25) is 0 Å². The highest BCUT2D eigenvalue weighted by Gasteiger charge is 2.20. The highest BCUT2D eigenvalue weighted by atomic mass is 16.2. The topological polar surface area (TPSA) is 76.2 Å². The molecule has 16 heavy (non-hydrogen) atoms. The van der Waals surface area contributed by atoms with E-state index in [0.29, 0.717) is 5.69 Å². The smallest absolute Gasteiger partial charge is 0.241 e. The van der Waals surface area contributed by atoms with Crippen LogP contribution in [0.5, 0.6) is 0 Å². The Balaban J connectivity index is 1.80. The molecular weight excluding hydrogens is 206 g/mol. The molecule has 1 aliphatic heterocycles. The van der Waals surface area contributed by atoms with Gasteiger partial charge in [0.15, 0.2) is 0 Å². The van der Waals surface area contributed by atoms with Crippen LogP contribution in [0.3, 0.4) is 0 Å². The molecule has 2 rings (SSSR count). The van der Waals surface area contributed by atoms with E-state index in [4.69, 9.17) is 5.73 Å². The van der Waals surface area contributed by atoms with E-state index in [1.165, 1.54) is 6.20 Å². The third-order valence-corrected chi connectivity index (χ3v) is 2.72. The van der Waals surface area contributed by atoms with Gasteiger partial charge >= 0.3 is 0 Å². The van der Waals surface area contributed by atoms with E-state index in [-0.39, 0.29) is 18.5 Å². The van der Waals surface area contributed by atoms with Gasteiger partial charge in [-0.1, -0.05) is 0 Å². The molecule has 2 heterocycles. The van der Waals surface area contributed by atoms with Gasteiger partial charge in [-0.2, -0.15) is 5.10 Å². The highest BCUT2D eigenvalue weighted by Crippen LogP contribution is 2.06. The Labute approximate surface area is 94.4 Å². The maximum absolute atomic E-state index is 11.7. The minimum atomic E-state index is -0.0107. The maximum Gasteiger partial charge on any atom is 0.241 e. The molecule has 1 aliphatic rings. The summed E-state index contributed by atoms with van der Waals surface area (Å²) in [4.78, 5) is 13.9. The lowest BCUT2D eigenvalue weighted by molar-refractivity contribution is -0.122. The Hall–Kier alpha value is -1.56.